The second-order valence-corrected chi connectivity index (χ2v) is 10.7. The molecule has 1 amide bonds. The lowest BCUT2D eigenvalue weighted by molar-refractivity contribution is -0.00860. The minimum atomic E-state index is -1.74. The van der Waals surface area contributed by atoms with E-state index in [1.165, 1.54) is 6.92 Å². The fourth-order valence-electron chi connectivity index (χ4n) is 5.00. The molecular formula is C27H34FN7O3. The molecule has 3 aromatic heterocycles. The van der Waals surface area contributed by atoms with Crippen molar-refractivity contribution in [2.45, 2.75) is 69.9 Å². The third kappa shape index (κ3) is 5.25. The molecule has 2 aliphatic rings. The smallest absolute Gasteiger partial charge is 0.270 e. The first-order valence-electron chi connectivity index (χ1n) is 13.0. The first-order chi connectivity index (χ1) is 18.1. The van der Waals surface area contributed by atoms with E-state index in [9.17, 15) is 14.3 Å². The molecule has 4 heterocycles. The molecule has 0 aromatic carbocycles. The van der Waals surface area contributed by atoms with Crippen LogP contribution < -0.4 is 15.5 Å². The Morgan fingerprint density at radius 1 is 1.21 bits per heavy atom. The van der Waals surface area contributed by atoms with Crippen molar-refractivity contribution in [2.24, 2.45) is 0 Å². The highest BCUT2D eigenvalue weighted by Gasteiger charge is 2.39. The molecule has 1 saturated heterocycles. The van der Waals surface area contributed by atoms with E-state index in [-0.39, 0.29) is 30.5 Å². The maximum absolute atomic E-state index is 14.7. The van der Waals surface area contributed by atoms with Gasteiger partial charge < -0.3 is 25.4 Å². The molecule has 1 saturated carbocycles. The van der Waals surface area contributed by atoms with Gasteiger partial charge in [0.1, 0.15) is 17.3 Å². The molecule has 0 unspecified atom stereocenters. The standard InChI is InChI=1S/C27H34FN7O3/c1-15(2)19-12-31-24(25(37)32-16-9-17(10-16)38-4)20-13-30-23(11-18(19)20)33-22-5-7-29-26(34-22)35-8-6-21(36)27(3,28)14-35/h5,7,11-13,15-17,21,36H,6,8-10,14H2,1-4H3,(H,32,37)(H,29,30,33,34)/t16?,17?,21-,27+/m1/s1. The van der Waals surface area contributed by atoms with Crippen molar-refractivity contribution in [2.75, 3.05) is 30.4 Å². The zero-order chi connectivity index (χ0) is 27.0. The average Bonchev–Trinajstić information content (AvgIpc) is 2.86. The number of pyridine rings is 2. The highest BCUT2D eigenvalue weighted by Crippen LogP contribution is 2.31. The SMILES string of the molecule is COC1CC(NC(=O)c2ncc(C(C)C)c3cc(Nc4ccnc(N5CC[C@@H](O)[C@@](C)(F)C5)n4)ncc23)C1. The Morgan fingerprint density at radius 2 is 2.00 bits per heavy atom. The minimum absolute atomic E-state index is 0.00835. The van der Waals surface area contributed by atoms with E-state index in [0.717, 1.165) is 23.8 Å². The molecule has 2 fully saturated rings. The summed E-state index contributed by atoms with van der Waals surface area (Å²) in [6.07, 6.45) is 6.09. The van der Waals surface area contributed by atoms with Crippen LogP contribution in [0.2, 0.25) is 0 Å². The fourth-order valence-corrected chi connectivity index (χ4v) is 5.00. The fraction of sp³-hybridized carbons (Fsp3) is 0.519. The molecule has 38 heavy (non-hydrogen) atoms. The summed E-state index contributed by atoms with van der Waals surface area (Å²) in [6, 6.07) is 3.68. The Bertz CT molecular complexity index is 1330. The number of ether oxygens (including phenoxy) is 1. The van der Waals surface area contributed by atoms with E-state index < -0.39 is 11.8 Å². The number of piperidine rings is 1. The molecule has 2 atom stereocenters. The highest BCUT2D eigenvalue weighted by molar-refractivity contribution is 6.06. The first kappa shape index (κ1) is 26.2. The molecule has 5 rings (SSSR count). The number of halogens is 1. The lowest BCUT2D eigenvalue weighted by Gasteiger charge is -2.38. The Labute approximate surface area is 221 Å². The molecule has 0 spiro atoms. The number of rotatable bonds is 7. The van der Waals surface area contributed by atoms with Gasteiger partial charge >= 0.3 is 0 Å². The topological polar surface area (TPSA) is 125 Å². The average molecular weight is 524 g/mol. The van der Waals surface area contributed by atoms with Gasteiger partial charge in [0.05, 0.1) is 18.8 Å². The number of hydrogen-bond donors (Lipinski definition) is 3. The molecule has 10 nitrogen and oxygen atoms in total. The number of hydrogen-bond acceptors (Lipinski definition) is 9. The summed E-state index contributed by atoms with van der Waals surface area (Å²) in [5.74, 6) is 1.39. The Morgan fingerprint density at radius 3 is 2.71 bits per heavy atom. The van der Waals surface area contributed by atoms with Crippen molar-refractivity contribution in [1.82, 2.24) is 25.3 Å². The maximum atomic E-state index is 14.7. The van der Waals surface area contributed by atoms with Crippen molar-refractivity contribution in [1.29, 1.82) is 0 Å². The van der Waals surface area contributed by atoms with Crippen molar-refractivity contribution >= 4 is 34.3 Å². The largest absolute Gasteiger partial charge is 0.390 e. The lowest BCUT2D eigenvalue weighted by atomic mass is 9.89. The van der Waals surface area contributed by atoms with Gasteiger partial charge in [-0.2, -0.15) is 4.98 Å². The van der Waals surface area contributed by atoms with Crippen molar-refractivity contribution in [3.05, 3.63) is 42.0 Å². The van der Waals surface area contributed by atoms with Gasteiger partial charge in [-0.3, -0.25) is 9.78 Å². The first-order valence-corrected chi connectivity index (χ1v) is 13.0. The van der Waals surface area contributed by atoms with E-state index >= 15 is 0 Å². The molecule has 3 aromatic rings. The number of aliphatic hydroxyl groups excluding tert-OH is 1. The summed E-state index contributed by atoms with van der Waals surface area (Å²) in [6.45, 7) is 6.01. The van der Waals surface area contributed by atoms with E-state index in [0.29, 0.717) is 41.6 Å². The van der Waals surface area contributed by atoms with Crippen molar-refractivity contribution < 1.29 is 19.0 Å². The second kappa shape index (κ2) is 10.4. The molecule has 11 heteroatoms. The number of aliphatic hydroxyl groups is 1. The zero-order valence-electron chi connectivity index (χ0n) is 22.1. The van der Waals surface area contributed by atoms with Gasteiger partial charge in [-0.05, 0) is 55.2 Å². The van der Waals surface area contributed by atoms with Crippen LogP contribution in [0.4, 0.5) is 22.0 Å². The molecule has 0 radical (unpaired) electrons. The van der Waals surface area contributed by atoms with Gasteiger partial charge in [0.25, 0.3) is 5.91 Å². The van der Waals surface area contributed by atoms with E-state index in [2.05, 4.69) is 44.4 Å². The van der Waals surface area contributed by atoms with Crippen molar-refractivity contribution in [3.63, 3.8) is 0 Å². The third-order valence-corrected chi connectivity index (χ3v) is 7.45. The lowest BCUT2D eigenvalue weighted by Crippen LogP contribution is -2.52. The van der Waals surface area contributed by atoms with Gasteiger partial charge in [-0.25, -0.2) is 14.4 Å². The maximum Gasteiger partial charge on any atom is 0.270 e. The van der Waals surface area contributed by atoms with E-state index in [1.54, 1.807) is 36.7 Å². The van der Waals surface area contributed by atoms with Crippen LogP contribution in [-0.2, 0) is 4.74 Å². The Hall–Kier alpha value is -3.44. The van der Waals surface area contributed by atoms with Crippen LogP contribution in [0.15, 0.2) is 30.7 Å². The number of nitrogens with zero attached hydrogens (tertiary/aromatic N) is 5. The molecular weight excluding hydrogens is 489 g/mol. The molecule has 0 bridgehead atoms. The number of carbonyl (C=O) groups excluding carboxylic acids is 1. The van der Waals surface area contributed by atoms with Crippen molar-refractivity contribution in [3.8, 4) is 0 Å². The van der Waals surface area contributed by atoms with Gasteiger partial charge in [0.2, 0.25) is 5.95 Å². The normalized spacial score (nSPS) is 25.3. The second-order valence-electron chi connectivity index (χ2n) is 10.7. The summed E-state index contributed by atoms with van der Waals surface area (Å²) in [7, 11) is 1.68. The van der Waals surface area contributed by atoms with Crippen LogP contribution in [-0.4, -0.2) is 75.1 Å². The van der Waals surface area contributed by atoms with Crippen LogP contribution in [0.1, 0.15) is 62.0 Å². The summed E-state index contributed by atoms with van der Waals surface area (Å²) in [5.41, 5.74) is -0.391. The summed E-state index contributed by atoms with van der Waals surface area (Å²) < 4.78 is 20.0. The van der Waals surface area contributed by atoms with E-state index in [1.807, 2.05) is 6.07 Å². The summed E-state index contributed by atoms with van der Waals surface area (Å²) in [5, 5.41) is 17.8. The number of nitrogens with one attached hydrogen (secondary N) is 2. The number of carbonyl (C=O) groups is 1. The molecule has 202 valence electrons. The number of alkyl halides is 1. The molecule has 1 aliphatic carbocycles. The number of aromatic nitrogens is 4. The van der Waals surface area contributed by atoms with Crippen LogP contribution in [0.5, 0.6) is 0 Å². The predicted molar refractivity (Wildman–Crippen MR) is 143 cm³/mol. The molecule has 3 N–H and O–H groups in total. The predicted octanol–water partition coefficient (Wildman–Crippen LogP) is 3.49. The highest BCUT2D eigenvalue weighted by atomic mass is 19.1. The van der Waals surface area contributed by atoms with E-state index in [4.69, 9.17) is 4.74 Å². The third-order valence-electron chi connectivity index (χ3n) is 7.45. The summed E-state index contributed by atoms with van der Waals surface area (Å²) in [4.78, 5) is 32.7. The summed E-state index contributed by atoms with van der Waals surface area (Å²) >= 11 is 0. The van der Waals surface area contributed by atoms with Crippen LogP contribution in [0.3, 0.4) is 0 Å². The zero-order valence-corrected chi connectivity index (χ0v) is 22.1. The quantitative estimate of drug-likeness (QED) is 0.427. The van der Waals surface area contributed by atoms with Gasteiger partial charge in [0, 0.05) is 43.7 Å². The van der Waals surface area contributed by atoms with Crippen LogP contribution in [0.25, 0.3) is 10.8 Å². The molecule has 1 aliphatic heterocycles. The number of fused-ring (bicyclic) bond motifs is 1. The van der Waals surface area contributed by atoms with Gasteiger partial charge in [-0.15, -0.1) is 0 Å². The minimum Gasteiger partial charge on any atom is -0.390 e. The number of anilines is 3. The van der Waals surface area contributed by atoms with Gasteiger partial charge in [0.15, 0.2) is 5.67 Å². The number of methoxy groups -OCH3 is 1. The van der Waals surface area contributed by atoms with Gasteiger partial charge in [-0.1, -0.05) is 13.8 Å². The monoisotopic (exact) mass is 523 g/mol. The Kier molecular flexibility index (Phi) is 7.15. The number of amides is 1. The van der Waals surface area contributed by atoms with Crippen LogP contribution in [0, 0.1) is 0 Å². The Balaban J connectivity index is 1.39. The van der Waals surface area contributed by atoms with Crippen LogP contribution >= 0.6 is 0 Å².